The number of hydrogen-bond donors (Lipinski definition) is 2. The van der Waals surface area contributed by atoms with Crippen molar-refractivity contribution in [2.24, 2.45) is 0 Å². The van der Waals surface area contributed by atoms with Crippen molar-refractivity contribution in [2.45, 2.75) is 34.6 Å². The fourth-order valence-corrected chi connectivity index (χ4v) is 1.71. The van der Waals surface area contributed by atoms with Crippen LogP contribution in [-0.4, -0.2) is 11.9 Å². The van der Waals surface area contributed by atoms with Crippen molar-refractivity contribution >= 4 is 11.9 Å². The normalized spacial score (nSPS) is 12.1. The van der Waals surface area contributed by atoms with Gasteiger partial charge in [-0.15, -0.1) is 0 Å². The van der Waals surface area contributed by atoms with E-state index in [1.807, 2.05) is 39.8 Å². The van der Waals surface area contributed by atoms with Gasteiger partial charge in [0.1, 0.15) is 0 Å². The highest BCUT2D eigenvalue weighted by Crippen LogP contribution is 2.18. The Kier molecular flexibility index (Phi) is 6.11. The van der Waals surface area contributed by atoms with Crippen LogP contribution in [0.15, 0.2) is 46.6 Å². The molecule has 0 radical (unpaired) electrons. The monoisotopic (exact) mass is 230 g/mol. The molecule has 0 aromatic heterocycles. The molecule has 0 spiro atoms. The van der Waals surface area contributed by atoms with Gasteiger partial charge in [-0.3, -0.25) is 0 Å². The molecule has 2 N–H and O–H groups in total. The van der Waals surface area contributed by atoms with Crippen LogP contribution in [0.25, 0.3) is 0 Å². The largest absolute Gasteiger partial charge is 0.308 e. The fraction of sp³-hybridized carbons (Fsp3) is 0.333. The Morgan fingerprint density at radius 1 is 1.12 bits per heavy atom. The van der Waals surface area contributed by atoms with Crippen molar-refractivity contribution in [3.63, 3.8) is 0 Å². The molecule has 92 valence electrons. The number of allylic oxidation sites excluding steroid dienone is 7. The van der Waals surface area contributed by atoms with Crippen molar-refractivity contribution in [3.05, 3.63) is 46.6 Å². The molecule has 0 bridgehead atoms. The van der Waals surface area contributed by atoms with Crippen LogP contribution in [0.3, 0.4) is 0 Å². The minimum absolute atomic E-state index is 0.544. The minimum atomic E-state index is 0.544. The van der Waals surface area contributed by atoms with Crippen molar-refractivity contribution in [1.82, 2.24) is 0 Å². The first kappa shape index (κ1) is 15.3. The van der Waals surface area contributed by atoms with E-state index in [1.54, 1.807) is 6.92 Å². The summed E-state index contributed by atoms with van der Waals surface area (Å²) >= 11 is 0. The molecular formula is C15H22N2. The average molecular weight is 230 g/mol. The van der Waals surface area contributed by atoms with Crippen molar-refractivity contribution in [3.8, 4) is 0 Å². The molecule has 0 amide bonds. The summed E-state index contributed by atoms with van der Waals surface area (Å²) in [7, 11) is 0. The summed E-state index contributed by atoms with van der Waals surface area (Å²) in [4.78, 5) is 0. The van der Waals surface area contributed by atoms with E-state index in [4.69, 9.17) is 10.8 Å². The standard InChI is InChI=1S/C15H22N2/c1-7-14(13(6)17)11(4)8-12(5)15(9-16)10(2)3/h7-9,16-17H,5H2,1-4,6H3/b11-8-,14-7+,16-9?,17-13?. The molecule has 0 atom stereocenters. The predicted molar refractivity (Wildman–Crippen MR) is 77.2 cm³/mol. The summed E-state index contributed by atoms with van der Waals surface area (Å²) in [6.45, 7) is 13.6. The Hall–Kier alpha value is -1.70. The molecule has 0 saturated carbocycles. The Morgan fingerprint density at radius 3 is 1.94 bits per heavy atom. The van der Waals surface area contributed by atoms with Crippen LogP contribution in [0.1, 0.15) is 34.6 Å². The number of nitrogens with one attached hydrogen (secondary N) is 2. The highest BCUT2D eigenvalue weighted by molar-refractivity contribution is 6.00. The van der Waals surface area contributed by atoms with Crippen molar-refractivity contribution < 1.29 is 0 Å². The summed E-state index contributed by atoms with van der Waals surface area (Å²) in [5, 5.41) is 15.0. The molecule has 0 saturated heterocycles. The van der Waals surface area contributed by atoms with E-state index >= 15 is 0 Å². The summed E-state index contributed by atoms with van der Waals surface area (Å²) in [5.41, 5.74) is 5.21. The highest BCUT2D eigenvalue weighted by atomic mass is 14.4. The predicted octanol–water partition coefficient (Wildman–Crippen LogP) is 4.46. The maximum Gasteiger partial charge on any atom is 0.0354 e. The van der Waals surface area contributed by atoms with E-state index in [0.29, 0.717) is 5.71 Å². The van der Waals surface area contributed by atoms with Gasteiger partial charge in [0.2, 0.25) is 0 Å². The quantitative estimate of drug-likeness (QED) is 0.517. The Bertz CT molecular complexity index is 428. The molecule has 2 heteroatoms. The first-order valence-corrected chi connectivity index (χ1v) is 5.62. The lowest BCUT2D eigenvalue weighted by molar-refractivity contribution is 1.32. The van der Waals surface area contributed by atoms with Gasteiger partial charge in [0.25, 0.3) is 0 Å². The zero-order valence-corrected chi connectivity index (χ0v) is 11.4. The first-order chi connectivity index (χ1) is 7.84. The lowest BCUT2D eigenvalue weighted by atomic mass is 9.97. The summed E-state index contributed by atoms with van der Waals surface area (Å²) in [6.07, 6.45) is 5.18. The Balaban J connectivity index is 5.32. The van der Waals surface area contributed by atoms with Crippen LogP contribution >= 0.6 is 0 Å². The van der Waals surface area contributed by atoms with Crippen LogP contribution in [0, 0.1) is 10.8 Å². The molecular weight excluding hydrogens is 208 g/mol. The van der Waals surface area contributed by atoms with Gasteiger partial charge in [0.05, 0.1) is 0 Å². The van der Waals surface area contributed by atoms with E-state index in [-0.39, 0.29) is 0 Å². The van der Waals surface area contributed by atoms with Gasteiger partial charge >= 0.3 is 0 Å². The third kappa shape index (κ3) is 4.35. The van der Waals surface area contributed by atoms with Gasteiger partial charge < -0.3 is 10.8 Å². The zero-order chi connectivity index (χ0) is 13.6. The highest BCUT2D eigenvalue weighted by Gasteiger charge is 2.04. The van der Waals surface area contributed by atoms with Crippen LogP contribution in [-0.2, 0) is 0 Å². The van der Waals surface area contributed by atoms with Gasteiger partial charge in [0.15, 0.2) is 0 Å². The maximum absolute atomic E-state index is 7.67. The van der Waals surface area contributed by atoms with Crippen molar-refractivity contribution in [2.75, 3.05) is 0 Å². The molecule has 0 aliphatic carbocycles. The van der Waals surface area contributed by atoms with Gasteiger partial charge in [-0.05, 0) is 56.9 Å². The average Bonchev–Trinajstić information content (AvgIpc) is 2.17. The van der Waals surface area contributed by atoms with Gasteiger partial charge in [-0.25, -0.2) is 0 Å². The topological polar surface area (TPSA) is 47.7 Å². The third-order valence-electron chi connectivity index (χ3n) is 2.54. The van der Waals surface area contributed by atoms with Gasteiger partial charge in [-0.2, -0.15) is 0 Å². The van der Waals surface area contributed by atoms with Gasteiger partial charge in [0, 0.05) is 11.9 Å². The smallest absolute Gasteiger partial charge is 0.0354 e. The van der Waals surface area contributed by atoms with E-state index in [9.17, 15) is 0 Å². The summed E-state index contributed by atoms with van der Waals surface area (Å²) < 4.78 is 0. The number of rotatable bonds is 5. The van der Waals surface area contributed by atoms with E-state index < -0.39 is 0 Å². The minimum Gasteiger partial charge on any atom is -0.308 e. The van der Waals surface area contributed by atoms with Gasteiger partial charge in [-0.1, -0.05) is 24.3 Å². The lowest BCUT2D eigenvalue weighted by Gasteiger charge is -2.08. The second-order valence-corrected chi connectivity index (χ2v) is 4.24. The lowest BCUT2D eigenvalue weighted by Crippen LogP contribution is -1.98. The molecule has 17 heavy (non-hydrogen) atoms. The molecule has 0 aliphatic heterocycles. The van der Waals surface area contributed by atoms with Crippen LogP contribution in [0.5, 0.6) is 0 Å². The molecule has 0 unspecified atom stereocenters. The zero-order valence-electron chi connectivity index (χ0n) is 11.4. The number of hydrogen-bond acceptors (Lipinski definition) is 2. The van der Waals surface area contributed by atoms with Crippen LogP contribution < -0.4 is 0 Å². The molecule has 0 fully saturated rings. The van der Waals surface area contributed by atoms with E-state index in [1.165, 1.54) is 6.21 Å². The van der Waals surface area contributed by atoms with Crippen molar-refractivity contribution in [1.29, 1.82) is 10.8 Å². The fourth-order valence-electron chi connectivity index (χ4n) is 1.71. The molecule has 0 heterocycles. The third-order valence-corrected chi connectivity index (χ3v) is 2.54. The van der Waals surface area contributed by atoms with E-state index in [2.05, 4.69) is 6.58 Å². The molecule has 0 rings (SSSR count). The second kappa shape index (κ2) is 6.79. The second-order valence-electron chi connectivity index (χ2n) is 4.24. The SMILES string of the molecule is C=C(/C=C(C)\C(=C/C)C(C)=N)C(C=N)=C(C)C. The Labute approximate surface area is 104 Å². The van der Waals surface area contributed by atoms with Crippen LogP contribution in [0.2, 0.25) is 0 Å². The maximum atomic E-state index is 7.67. The molecule has 0 aliphatic rings. The first-order valence-electron chi connectivity index (χ1n) is 5.62. The molecule has 0 aromatic carbocycles. The summed E-state index contributed by atoms with van der Waals surface area (Å²) in [6, 6.07) is 0. The summed E-state index contributed by atoms with van der Waals surface area (Å²) in [5.74, 6) is 0. The Morgan fingerprint density at radius 2 is 1.65 bits per heavy atom. The van der Waals surface area contributed by atoms with E-state index in [0.717, 1.165) is 27.9 Å². The van der Waals surface area contributed by atoms with Crippen LogP contribution in [0.4, 0.5) is 0 Å². The molecule has 0 aromatic rings. The molecule has 2 nitrogen and oxygen atoms in total.